The fourth-order valence-electron chi connectivity index (χ4n) is 3.60. The third-order valence-corrected chi connectivity index (χ3v) is 6.20. The van der Waals surface area contributed by atoms with Crippen LogP contribution >= 0.6 is 11.8 Å². The molecule has 2 aliphatic rings. The third kappa shape index (κ3) is 4.94. The second-order valence-corrected chi connectivity index (χ2v) is 8.33. The van der Waals surface area contributed by atoms with Crippen LogP contribution in [0.25, 0.3) is 6.08 Å². The molecule has 0 N–H and O–H groups in total. The predicted octanol–water partition coefficient (Wildman–Crippen LogP) is 4.55. The van der Waals surface area contributed by atoms with Crippen molar-refractivity contribution in [2.24, 2.45) is 4.99 Å². The van der Waals surface area contributed by atoms with E-state index >= 15 is 0 Å². The Morgan fingerprint density at radius 3 is 2.65 bits per heavy atom. The monoisotopic (exact) mass is 437 g/mol. The number of hydrogen-bond acceptors (Lipinski definition) is 6. The molecule has 4 rings (SSSR count). The number of ether oxygens (including phenoxy) is 2. The average Bonchev–Trinajstić information content (AvgIpc) is 3.09. The van der Waals surface area contributed by atoms with Gasteiger partial charge < -0.3 is 14.4 Å². The van der Waals surface area contributed by atoms with Crippen LogP contribution in [-0.2, 0) is 9.53 Å². The lowest BCUT2D eigenvalue weighted by Gasteiger charge is -2.29. The fourth-order valence-corrected chi connectivity index (χ4v) is 4.62. The summed E-state index contributed by atoms with van der Waals surface area (Å²) in [5.74, 6) is 0.737. The number of morpholine rings is 1. The summed E-state index contributed by atoms with van der Waals surface area (Å²) in [5, 5.41) is 0.716. The van der Waals surface area contributed by atoms with Crippen LogP contribution in [0.2, 0.25) is 0 Å². The SMILES string of the molecule is CCCN1C(=O)/C(=C/c2ccc(N3CCOCC3)cc2OC)SC1=Nc1ccccc1. The minimum atomic E-state index is -0.0131. The molecule has 6 nitrogen and oxygen atoms in total. The van der Waals surface area contributed by atoms with E-state index in [4.69, 9.17) is 14.5 Å². The zero-order valence-electron chi connectivity index (χ0n) is 17.9. The summed E-state index contributed by atoms with van der Waals surface area (Å²) in [6.07, 6.45) is 2.77. The number of benzene rings is 2. The predicted molar refractivity (Wildman–Crippen MR) is 127 cm³/mol. The molecular weight excluding hydrogens is 410 g/mol. The van der Waals surface area contributed by atoms with Crippen LogP contribution in [0.3, 0.4) is 0 Å². The summed E-state index contributed by atoms with van der Waals surface area (Å²) in [6.45, 7) is 5.90. The number of thioether (sulfide) groups is 1. The van der Waals surface area contributed by atoms with E-state index in [0.717, 1.165) is 55.4 Å². The molecule has 0 aromatic heterocycles. The fraction of sp³-hybridized carbons (Fsp3) is 0.333. The van der Waals surface area contributed by atoms with Gasteiger partial charge in [0.2, 0.25) is 0 Å². The average molecular weight is 438 g/mol. The molecule has 0 aliphatic carbocycles. The van der Waals surface area contributed by atoms with E-state index in [1.165, 1.54) is 11.8 Å². The molecule has 0 saturated carbocycles. The van der Waals surface area contributed by atoms with Crippen molar-refractivity contribution in [3.63, 3.8) is 0 Å². The van der Waals surface area contributed by atoms with Crippen molar-refractivity contribution in [2.75, 3.05) is 44.9 Å². The maximum absolute atomic E-state index is 13.1. The minimum Gasteiger partial charge on any atom is -0.496 e. The van der Waals surface area contributed by atoms with Gasteiger partial charge in [-0.15, -0.1) is 0 Å². The zero-order chi connectivity index (χ0) is 21.6. The van der Waals surface area contributed by atoms with Crippen molar-refractivity contribution in [1.29, 1.82) is 0 Å². The molecule has 0 bridgehead atoms. The second-order valence-electron chi connectivity index (χ2n) is 7.32. The van der Waals surface area contributed by atoms with Crippen molar-refractivity contribution in [1.82, 2.24) is 4.90 Å². The highest BCUT2D eigenvalue weighted by Gasteiger charge is 2.33. The first-order valence-electron chi connectivity index (χ1n) is 10.6. The molecule has 2 aliphatic heterocycles. The van der Waals surface area contributed by atoms with E-state index in [1.54, 1.807) is 12.0 Å². The lowest BCUT2D eigenvalue weighted by atomic mass is 10.1. The van der Waals surface area contributed by atoms with Crippen molar-refractivity contribution in [3.8, 4) is 5.75 Å². The van der Waals surface area contributed by atoms with Gasteiger partial charge in [-0.05, 0) is 48.5 Å². The molecule has 2 aromatic carbocycles. The standard InChI is InChI=1S/C24H27N3O3S/c1-3-11-27-23(28)22(31-24(27)25-19-7-5-4-6-8-19)16-18-9-10-20(17-21(18)29-2)26-12-14-30-15-13-26/h4-10,16-17H,3,11-15H2,1-2H3/b22-16-,25-24?. The summed E-state index contributed by atoms with van der Waals surface area (Å²) in [5.41, 5.74) is 2.83. The molecule has 0 unspecified atom stereocenters. The molecule has 2 heterocycles. The van der Waals surface area contributed by atoms with Crippen LogP contribution in [0.1, 0.15) is 18.9 Å². The molecule has 0 radical (unpaired) electrons. The Kier molecular flexibility index (Phi) is 6.94. The highest BCUT2D eigenvalue weighted by atomic mass is 32.2. The number of methoxy groups -OCH3 is 1. The van der Waals surface area contributed by atoms with Gasteiger partial charge in [-0.3, -0.25) is 9.69 Å². The molecule has 162 valence electrons. The van der Waals surface area contributed by atoms with Crippen LogP contribution in [0, 0.1) is 0 Å². The molecule has 0 spiro atoms. The number of nitrogens with zero attached hydrogens (tertiary/aromatic N) is 3. The summed E-state index contributed by atoms with van der Waals surface area (Å²) >= 11 is 1.41. The normalized spacial score (nSPS) is 19.5. The Balaban J connectivity index is 1.62. The summed E-state index contributed by atoms with van der Waals surface area (Å²) in [7, 11) is 1.66. The number of anilines is 1. The first-order chi connectivity index (χ1) is 15.2. The van der Waals surface area contributed by atoms with Crippen molar-refractivity contribution >= 4 is 40.3 Å². The smallest absolute Gasteiger partial charge is 0.266 e. The van der Waals surface area contributed by atoms with Gasteiger partial charge in [0, 0.05) is 37.0 Å². The third-order valence-electron chi connectivity index (χ3n) is 5.20. The van der Waals surface area contributed by atoms with E-state index < -0.39 is 0 Å². The van der Waals surface area contributed by atoms with E-state index in [2.05, 4.69) is 17.9 Å². The van der Waals surface area contributed by atoms with Crippen LogP contribution in [0.15, 0.2) is 58.4 Å². The van der Waals surface area contributed by atoms with Gasteiger partial charge in [0.05, 0.1) is 30.9 Å². The highest BCUT2D eigenvalue weighted by molar-refractivity contribution is 8.18. The number of amidine groups is 1. The molecule has 1 amide bonds. The zero-order valence-corrected chi connectivity index (χ0v) is 18.7. The maximum Gasteiger partial charge on any atom is 0.266 e. The van der Waals surface area contributed by atoms with E-state index in [-0.39, 0.29) is 5.91 Å². The van der Waals surface area contributed by atoms with Crippen molar-refractivity contribution in [3.05, 3.63) is 59.0 Å². The second kappa shape index (κ2) is 10.0. The molecule has 7 heteroatoms. The Bertz CT molecular complexity index is 985. The van der Waals surface area contributed by atoms with Gasteiger partial charge in [0.25, 0.3) is 5.91 Å². The lowest BCUT2D eigenvalue weighted by molar-refractivity contribution is -0.122. The largest absolute Gasteiger partial charge is 0.496 e. The van der Waals surface area contributed by atoms with Crippen LogP contribution in [-0.4, -0.2) is 55.9 Å². The topological polar surface area (TPSA) is 54.4 Å². The Morgan fingerprint density at radius 2 is 1.94 bits per heavy atom. The molecule has 2 aromatic rings. The number of aliphatic imine (C=N–C) groups is 1. The van der Waals surface area contributed by atoms with Crippen molar-refractivity contribution in [2.45, 2.75) is 13.3 Å². The Morgan fingerprint density at radius 1 is 1.16 bits per heavy atom. The van der Waals surface area contributed by atoms with Gasteiger partial charge in [-0.25, -0.2) is 4.99 Å². The molecule has 0 atom stereocenters. The molecular formula is C24H27N3O3S. The van der Waals surface area contributed by atoms with Crippen LogP contribution in [0.5, 0.6) is 5.75 Å². The van der Waals surface area contributed by atoms with Crippen LogP contribution in [0.4, 0.5) is 11.4 Å². The quantitative estimate of drug-likeness (QED) is 0.621. The summed E-state index contributed by atoms with van der Waals surface area (Å²) in [6, 6.07) is 15.9. The summed E-state index contributed by atoms with van der Waals surface area (Å²) < 4.78 is 11.1. The first kappa shape index (κ1) is 21.5. The van der Waals surface area contributed by atoms with E-state index in [1.807, 2.05) is 48.5 Å². The van der Waals surface area contributed by atoms with Crippen molar-refractivity contribution < 1.29 is 14.3 Å². The van der Waals surface area contributed by atoms with E-state index in [9.17, 15) is 4.79 Å². The minimum absolute atomic E-state index is 0.0131. The van der Waals surface area contributed by atoms with Gasteiger partial charge in [-0.1, -0.05) is 25.1 Å². The Hall–Kier alpha value is -2.77. The number of carbonyl (C=O) groups excluding carboxylic acids is 1. The van der Waals surface area contributed by atoms with Gasteiger partial charge >= 0.3 is 0 Å². The first-order valence-corrected chi connectivity index (χ1v) is 11.4. The summed E-state index contributed by atoms with van der Waals surface area (Å²) in [4.78, 5) is 22.5. The lowest BCUT2D eigenvalue weighted by Crippen LogP contribution is -2.36. The highest BCUT2D eigenvalue weighted by Crippen LogP contribution is 2.36. The van der Waals surface area contributed by atoms with Gasteiger partial charge in [-0.2, -0.15) is 0 Å². The van der Waals surface area contributed by atoms with Gasteiger partial charge in [0.15, 0.2) is 5.17 Å². The molecule has 2 fully saturated rings. The number of amides is 1. The number of carbonyl (C=O) groups is 1. The molecule has 2 saturated heterocycles. The number of hydrogen-bond donors (Lipinski definition) is 0. The van der Waals surface area contributed by atoms with E-state index in [0.29, 0.717) is 16.6 Å². The number of rotatable bonds is 6. The van der Waals surface area contributed by atoms with Crippen LogP contribution < -0.4 is 9.64 Å². The Labute approximate surface area is 187 Å². The maximum atomic E-state index is 13.1. The molecule has 31 heavy (non-hydrogen) atoms. The number of para-hydroxylation sites is 1. The van der Waals surface area contributed by atoms with Gasteiger partial charge in [0.1, 0.15) is 5.75 Å².